The molecule has 53 heavy (non-hydrogen) atoms. The van der Waals surface area contributed by atoms with E-state index in [0.29, 0.717) is 0 Å². The van der Waals surface area contributed by atoms with Crippen LogP contribution in [0.3, 0.4) is 0 Å². The summed E-state index contributed by atoms with van der Waals surface area (Å²) >= 11 is 0. The summed E-state index contributed by atoms with van der Waals surface area (Å²) in [7, 11) is 0. The third-order valence-corrected chi connectivity index (χ3v) is 9.58. The Morgan fingerprint density at radius 2 is 1.28 bits per heavy atom. The molecular formula is C33H40O20. The Kier molecular flexibility index (Phi) is 11.2. The van der Waals surface area contributed by atoms with Crippen molar-refractivity contribution in [1.82, 2.24) is 0 Å². The second-order valence-corrected chi connectivity index (χ2v) is 13.0. The Bertz CT molecular complexity index is 1830. The van der Waals surface area contributed by atoms with E-state index in [1.165, 1.54) is 13.0 Å². The maximum atomic E-state index is 13.5. The van der Waals surface area contributed by atoms with Gasteiger partial charge < -0.3 is 94.5 Å². The van der Waals surface area contributed by atoms with E-state index < -0.39 is 144 Å². The smallest absolute Gasteiger partial charge is 0.229 e. The van der Waals surface area contributed by atoms with Gasteiger partial charge in [-0.15, -0.1) is 0 Å². The van der Waals surface area contributed by atoms with Crippen LogP contribution in [0.25, 0.3) is 22.3 Å². The Morgan fingerprint density at radius 3 is 1.94 bits per heavy atom. The van der Waals surface area contributed by atoms with Crippen LogP contribution in [0.2, 0.25) is 0 Å². The Hall–Kier alpha value is -3.71. The number of hydrogen-bond donors (Lipinski definition) is 13. The molecule has 3 fully saturated rings. The van der Waals surface area contributed by atoms with Gasteiger partial charge in [0.15, 0.2) is 28.8 Å². The Morgan fingerprint density at radius 1 is 0.660 bits per heavy atom. The molecule has 3 saturated heterocycles. The van der Waals surface area contributed by atoms with Crippen molar-refractivity contribution in [3.05, 3.63) is 46.1 Å². The number of hydrogen-bond acceptors (Lipinski definition) is 20. The highest BCUT2D eigenvalue weighted by Gasteiger charge is 2.51. The number of phenols is 3. The number of aromatic hydroxyl groups is 3. The van der Waals surface area contributed by atoms with Crippen LogP contribution < -0.4 is 10.2 Å². The number of aliphatic hydroxyl groups excluding tert-OH is 10. The fourth-order valence-electron chi connectivity index (χ4n) is 6.55. The lowest BCUT2D eigenvalue weighted by molar-refractivity contribution is -0.338. The van der Waals surface area contributed by atoms with Crippen molar-refractivity contribution in [1.29, 1.82) is 0 Å². The van der Waals surface area contributed by atoms with Crippen LogP contribution in [-0.2, 0) is 18.9 Å². The van der Waals surface area contributed by atoms with Gasteiger partial charge in [-0.05, 0) is 25.1 Å². The minimum Gasteiger partial charge on any atom is -0.507 e. The first-order chi connectivity index (χ1) is 25.1. The second-order valence-electron chi connectivity index (χ2n) is 13.0. The van der Waals surface area contributed by atoms with Crippen molar-refractivity contribution in [3.8, 4) is 34.3 Å². The summed E-state index contributed by atoms with van der Waals surface area (Å²) < 4.78 is 33.9. The van der Waals surface area contributed by atoms with Crippen molar-refractivity contribution < 1.29 is 94.5 Å². The van der Waals surface area contributed by atoms with E-state index in [4.69, 9.17) is 28.1 Å². The van der Waals surface area contributed by atoms with E-state index in [1.54, 1.807) is 0 Å². The SMILES string of the molecule is CC1O[C@@H](OC2[C@@H](O)[C@H](O)C(CO)O[C@H]2c2c(O)cc(O)c3c(=O)cc(-c4ccc(O[C@@H]5OC(CO)[C@@H](O)C(O)C5O)c(O)c4)oc23)C(O)[C@@H](O)[C@H]1O. The molecule has 0 aliphatic carbocycles. The van der Waals surface area contributed by atoms with Crippen molar-refractivity contribution in [3.63, 3.8) is 0 Å². The molecule has 0 saturated carbocycles. The summed E-state index contributed by atoms with van der Waals surface area (Å²) in [4.78, 5) is 13.5. The fraction of sp³-hybridized carbons (Fsp3) is 0.545. The first-order valence-corrected chi connectivity index (χ1v) is 16.4. The highest BCUT2D eigenvalue weighted by atomic mass is 16.7. The van der Waals surface area contributed by atoms with Gasteiger partial charge in [-0.25, -0.2) is 0 Å². The highest BCUT2D eigenvalue weighted by molar-refractivity contribution is 5.89. The summed E-state index contributed by atoms with van der Waals surface area (Å²) in [6, 6.07) is 5.20. The average Bonchev–Trinajstić information content (AvgIpc) is 3.12. The van der Waals surface area contributed by atoms with Gasteiger partial charge in [0.05, 0.1) is 24.9 Å². The number of fused-ring (bicyclic) bond motifs is 1. The van der Waals surface area contributed by atoms with Gasteiger partial charge in [-0.1, -0.05) is 0 Å². The monoisotopic (exact) mass is 756 g/mol. The van der Waals surface area contributed by atoms with Gasteiger partial charge >= 0.3 is 0 Å². The number of rotatable bonds is 8. The number of benzene rings is 2. The summed E-state index contributed by atoms with van der Waals surface area (Å²) in [5, 5.41) is 135. The molecule has 20 heteroatoms. The van der Waals surface area contributed by atoms with Crippen molar-refractivity contribution in [2.45, 2.75) is 98.9 Å². The van der Waals surface area contributed by atoms with E-state index in [1.807, 2.05) is 0 Å². The maximum absolute atomic E-state index is 13.5. The minimum absolute atomic E-state index is 0.00208. The predicted octanol–water partition coefficient (Wildman–Crippen LogP) is -3.88. The number of ether oxygens (including phenoxy) is 5. The molecule has 3 aliphatic rings. The molecule has 292 valence electrons. The highest BCUT2D eigenvalue weighted by Crippen LogP contribution is 2.46. The average molecular weight is 757 g/mol. The van der Waals surface area contributed by atoms with Crippen molar-refractivity contribution in [2.75, 3.05) is 13.2 Å². The standard InChI is InChI=1S/C33H40O20/c1-9-21(40)24(43)27(46)32(48-9)53-31-26(45)23(42)17(7-34)50-30(31)20-13(38)5-12(37)19-14(39)6-16(49-29(19)20)10-2-3-15(11(36)4-10)51-33-28(47)25(44)22(41)18(8-35)52-33/h2-6,9,17-18,21-28,30-38,40-47H,7-8H2,1H3/t9?,17?,18?,21-,22+,23+,24-,25?,26-,27?,28?,30-,31?,32-,33+/m0/s1. The molecule has 20 nitrogen and oxygen atoms in total. The topological polar surface area (TPSA) is 339 Å². The first kappa shape index (κ1) is 39.0. The predicted molar refractivity (Wildman–Crippen MR) is 171 cm³/mol. The molecular weight excluding hydrogens is 716 g/mol. The van der Waals surface area contributed by atoms with Crippen molar-refractivity contribution >= 4 is 11.0 Å². The van der Waals surface area contributed by atoms with Crippen LogP contribution in [0.15, 0.2) is 39.5 Å². The molecule has 15 atom stereocenters. The van der Waals surface area contributed by atoms with Crippen LogP contribution in [0.1, 0.15) is 18.6 Å². The van der Waals surface area contributed by atoms with Crippen molar-refractivity contribution in [2.24, 2.45) is 0 Å². The molecule has 3 aliphatic heterocycles. The van der Waals surface area contributed by atoms with Gasteiger partial charge in [-0.2, -0.15) is 0 Å². The lowest BCUT2D eigenvalue weighted by Gasteiger charge is -2.46. The fourth-order valence-corrected chi connectivity index (χ4v) is 6.55. The third-order valence-electron chi connectivity index (χ3n) is 9.58. The molecule has 13 N–H and O–H groups in total. The number of aliphatic hydroxyl groups is 10. The lowest BCUT2D eigenvalue weighted by Crippen LogP contribution is -2.61. The van der Waals surface area contributed by atoms with Crippen LogP contribution in [-0.4, -0.2) is 165 Å². The van der Waals surface area contributed by atoms with E-state index >= 15 is 0 Å². The number of phenolic OH excluding ortho intramolecular Hbond substituents is 3. The summed E-state index contributed by atoms with van der Waals surface area (Å²) in [5.41, 5.74) is -1.88. The zero-order valence-corrected chi connectivity index (χ0v) is 27.6. The van der Waals surface area contributed by atoms with Crippen LogP contribution in [0.4, 0.5) is 0 Å². The molecule has 3 aromatic rings. The zero-order chi connectivity index (χ0) is 38.6. The molecule has 1 aromatic heterocycles. The van der Waals surface area contributed by atoms with Crippen LogP contribution >= 0.6 is 0 Å². The third kappa shape index (κ3) is 7.03. The molecule has 6 rings (SSSR count). The van der Waals surface area contributed by atoms with Gasteiger partial charge in [0.2, 0.25) is 6.29 Å². The Balaban J connectivity index is 1.40. The van der Waals surface area contributed by atoms with E-state index in [0.717, 1.165) is 24.3 Å². The lowest BCUT2D eigenvalue weighted by atomic mass is 9.89. The second kappa shape index (κ2) is 15.2. The van der Waals surface area contributed by atoms with Gasteiger partial charge in [0, 0.05) is 17.7 Å². The first-order valence-electron chi connectivity index (χ1n) is 16.4. The molecule has 2 aromatic carbocycles. The van der Waals surface area contributed by atoms with E-state index in [9.17, 15) is 71.2 Å². The quantitative estimate of drug-likeness (QED) is 0.105. The zero-order valence-electron chi connectivity index (χ0n) is 27.6. The van der Waals surface area contributed by atoms with Crippen LogP contribution in [0.5, 0.6) is 23.0 Å². The molecule has 4 heterocycles. The minimum atomic E-state index is -1.95. The van der Waals surface area contributed by atoms with Gasteiger partial charge in [-0.3, -0.25) is 4.79 Å². The van der Waals surface area contributed by atoms with Crippen LogP contribution in [0, 0.1) is 0 Å². The molecule has 0 amide bonds. The van der Waals surface area contributed by atoms with Gasteiger partial charge in [0.25, 0.3) is 0 Å². The molecule has 0 radical (unpaired) electrons. The normalized spacial score (nSPS) is 37.8. The molecule has 7 unspecified atom stereocenters. The van der Waals surface area contributed by atoms with Gasteiger partial charge in [0.1, 0.15) is 95.9 Å². The summed E-state index contributed by atoms with van der Waals surface area (Å²) in [6.07, 6.45) is -25.1. The summed E-state index contributed by atoms with van der Waals surface area (Å²) in [6.45, 7) is -0.236. The van der Waals surface area contributed by atoms with E-state index in [-0.39, 0.29) is 17.1 Å². The summed E-state index contributed by atoms with van der Waals surface area (Å²) in [5.74, 6) is -2.74. The maximum Gasteiger partial charge on any atom is 0.229 e. The largest absolute Gasteiger partial charge is 0.507 e. The Labute approximate surface area is 298 Å². The van der Waals surface area contributed by atoms with E-state index in [2.05, 4.69) is 0 Å². The molecule has 0 bridgehead atoms. The molecule has 0 spiro atoms.